The molecule has 3 fully saturated rings. The van der Waals surface area contributed by atoms with Gasteiger partial charge in [0, 0.05) is 24.9 Å². The summed E-state index contributed by atoms with van der Waals surface area (Å²) in [7, 11) is 0. The van der Waals surface area contributed by atoms with E-state index in [0.29, 0.717) is 43.7 Å². The molecular weight excluding hydrogens is 506 g/mol. The van der Waals surface area contributed by atoms with Crippen molar-refractivity contribution >= 4 is 30.1 Å². The van der Waals surface area contributed by atoms with E-state index in [1.165, 1.54) is 18.2 Å². The summed E-state index contributed by atoms with van der Waals surface area (Å²) in [5, 5.41) is 38.3. The highest BCUT2D eigenvalue weighted by atomic mass is 35.5. The number of nitrogens with two attached hydrogens (primary N) is 1. The Morgan fingerprint density at radius 1 is 1.17 bits per heavy atom. The molecule has 11 heteroatoms. The Morgan fingerprint density at radius 2 is 1.92 bits per heavy atom. The lowest BCUT2D eigenvalue weighted by molar-refractivity contribution is -0.205. The predicted octanol–water partition coefficient (Wildman–Crippen LogP) is 0.540. The quantitative estimate of drug-likeness (QED) is 0.270. The third-order valence-electron chi connectivity index (χ3n) is 7.83. The minimum absolute atomic E-state index is 0. The van der Waals surface area contributed by atoms with Crippen molar-refractivity contribution in [2.24, 2.45) is 23.5 Å². The number of aliphatic hydroxyl groups excluding tert-OH is 3. The fourth-order valence-corrected chi connectivity index (χ4v) is 7.25. The van der Waals surface area contributed by atoms with Gasteiger partial charge in [0.15, 0.2) is 0 Å². The van der Waals surface area contributed by atoms with E-state index in [4.69, 9.17) is 15.2 Å². The summed E-state index contributed by atoms with van der Waals surface area (Å²) in [6, 6.07) is -1.03. The SMILES string of the molecule is CC(C)CC1CCOC2C(CNC2C(=O)N[C@@H]2C/C=C\C[C@@H](CN)S[C@H]3O[C@H]2[C@H](O)[C@H](O)[C@H]3O)C1.Cl. The highest BCUT2D eigenvalue weighted by molar-refractivity contribution is 8.00. The predicted molar refractivity (Wildman–Crippen MR) is 142 cm³/mol. The molecule has 4 unspecified atom stereocenters. The maximum Gasteiger partial charge on any atom is 0.240 e. The zero-order chi connectivity index (χ0) is 25.1. The second kappa shape index (κ2) is 13.6. The lowest BCUT2D eigenvalue weighted by atomic mass is 9.85. The van der Waals surface area contributed by atoms with Gasteiger partial charge in [0.1, 0.15) is 35.9 Å². The van der Waals surface area contributed by atoms with Gasteiger partial charge in [-0.25, -0.2) is 0 Å². The number of hydrogen-bond donors (Lipinski definition) is 6. The molecule has 0 aliphatic carbocycles. The number of halogens is 1. The molecular formula is C25H44ClN3O6S. The van der Waals surface area contributed by atoms with Crippen LogP contribution in [-0.2, 0) is 14.3 Å². The first kappa shape index (κ1) is 30.1. The van der Waals surface area contributed by atoms with Gasteiger partial charge in [-0.05, 0) is 49.9 Å². The fraction of sp³-hybridized carbons (Fsp3) is 0.880. The number of nitrogens with one attached hydrogen (secondary N) is 2. The van der Waals surface area contributed by atoms with E-state index in [9.17, 15) is 20.1 Å². The van der Waals surface area contributed by atoms with E-state index in [-0.39, 0.29) is 29.7 Å². The largest absolute Gasteiger partial charge is 0.388 e. The van der Waals surface area contributed by atoms with Crippen LogP contribution >= 0.6 is 24.2 Å². The molecule has 0 saturated carbocycles. The van der Waals surface area contributed by atoms with Crippen LogP contribution in [0, 0.1) is 17.8 Å². The van der Waals surface area contributed by atoms with Crippen molar-refractivity contribution in [1.82, 2.24) is 10.6 Å². The van der Waals surface area contributed by atoms with Crippen molar-refractivity contribution < 1.29 is 29.6 Å². The summed E-state index contributed by atoms with van der Waals surface area (Å²) < 4.78 is 12.3. The first-order valence-electron chi connectivity index (χ1n) is 13.1. The topological polar surface area (TPSA) is 146 Å². The maximum absolute atomic E-state index is 13.5. The van der Waals surface area contributed by atoms with Gasteiger partial charge in [-0.15, -0.1) is 24.2 Å². The number of fused-ring (bicyclic) bond motifs is 3. The molecule has 0 spiro atoms. The molecule has 2 bridgehead atoms. The van der Waals surface area contributed by atoms with Crippen LogP contribution in [0.1, 0.15) is 46.0 Å². The monoisotopic (exact) mass is 549 g/mol. The van der Waals surface area contributed by atoms with Gasteiger partial charge >= 0.3 is 0 Å². The number of allylic oxidation sites excluding steroid dienone is 1. The molecule has 11 atom stereocenters. The van der Waals surface area contributed by atoms with Crippen LogP contribution in [0.25, 0.3) is 0 Å². The molecule has 0 radical (unpaired) electrons. The van der Waals surface area contributed by atoms with Gasteiger partial charge in [0.2, 0.25) is 5.91 Å². The molecule has 0 aromatic heterocycles. The Morgan fingerprint density at radius 3 is 2.64 bits per heavy atom. The second-order valence-electron chi connectivity index (χ2n) is 11.0. The lowest BCUT2D eigenvalue weighted by Gasteiger charge is -2.44. The Bertz CT molecular complexity index is 749. The first-order chi connectivity index (χ1) is 16.8. The maximum atomic E-state index is 13.5. The number of carbonyl (C=O) groups is 1. The van der Waals surface area contributed by atoms with Crippen LogP contribution in [0.5, 0.6) is 0 Å². The van der Waals surface area contributed by atoms with Gasteiger partial charge in [-0.2, -0.15) is 0 Å². The standard InChI is InChI=1S/C25H43N3O6S.ClH/c1-13(2)9-14-7-8-33-22-15(10-14)12-27-18(22)24(32)28-17-6-4-3-5-16(11-26)35-25-21(31)19(29)20(30)23(17)34-25;/h3-4,13-23,25,27,29-31H,5-12,26H2,1-2H3,(H,28,32);1H/b4-3-;/t14?,15?,16-,17+,18?,19-,20+,21+,22?,23+,25+;/m0./s1. The van der Waals surface area contributed by atoms with Crippen molar-refractivity contribution in [3.63, 3.8) is 0 Å². The average Bonchev–Trinajstić information content (AvgIpc) is 3.11. The van der Waals surface area contributed by atoms with E-state index in [1.54, 1.807) is 0 Å². The summed E-state index contributed by atoms with van der Waals surface area (Å²) in [5.41, 5.74) is 5.13. The van der Waals surface area contributed by atoms with Gasteiger partial charge in [-0.3, -0.25) is 4.79 Å². The third kappa shape index (κ3) is 6.95. The van der Waals surface area contributed by atoms with Crippen molar-refractivity contribution in [3.05, 3.63) is 12.2 Å². The van der Waals surface area contributed by atoms with Crippen LogP contribution in [0.3, 0.4) is 0 Å². The highest BCUT2D eigenvalue weighted by Crippen LogP contribution is 2.36. The van der Waals surface area contributed by atoms with Crippen molar-refractivity contribution in [3.8, 4) is 0 Å². The minimum atomic E-state index is -1.37. The zero-order valence-corrected chi connectivity index (χ0v) is 22.8. The molecule has 1 amide bonds. The van der Waals surface area contributed by atoms with Gasteiger partial charge < -0.3 is 41.2 Å². The van der Waals surface area contributed by atoms with Crippen LogP contribution < -0.4 is 16.4 Å². The molecule has 3 saturated heterocycles. The summed E-state index contributed by atoms with van der Waals surface area (Å²) in [6.07, 6.45) is 3.39. The van der Waals surface area contributed by atoms with E-state index in [1.807, 2.05) is 12.2 Å². The second-order valence-corrected chi connectivity index (χ2v) is 12.4. The molecule has 4 aliphatic rings. The Labute approximate surface area is 224 Å². The van der Waals surface area contributed by atoms with E-state index in [2.05, 4.69) is 24.5 Å². The number of ether oxygens (including phenoxy) is 2. The third-order valence-corrected chi connectivity index (χ3v) is 9.26. The van der Waals surface area contributed by atoms with Gasteiger partial charge in [-0.1, -0.05) is 26.0 Å². The molecule has 9 nitrogen and oxygen atoms in total. The Balaban J connectivity index is 0.00000361. The number of aliphatic hydroxyl groups is 3. The lowest BCUT2D eigenvalue weighted by Crippen LogP contribution is -2.64. The Hall–Kier alpha value is -0.430. The molecule has 7 N–H and O–H groups in total. The van der Waals surface area contributed by atoms with E-state index < -0.39 is 41.9 Å². The summed E-state index contributed by atoms with van der Waals surface area (Å²) in [5.74, 6) is 1.37. The van der Waals surface area contributed by atoms with Crippen molar-refractivity contribution in [2.75, 3.05) is 19.7 Å². The van der Waals surface area contributed by atoms with Gasteiger partial charge in [0.25, 0.3) is 0 Å². The molecule has 208 valence electrons. The van der Waals surface area contributed by atoms with Gasteiger partial charge in [0.05, 0.1) is 12.1 Å². The van der Waals surface area contributed by atoms with Crippen molar-refractivity contribution in [2.45, 2.75) is 99.2 Å². The fourth-order valence-electron chi connectivity index (χ4n) is 6.03. The number of amides is 1. The summed E-state index contributed by atoms with van der Waals surface area (Å²) in [6.45, 7) is 6.30. The number of hydrogen-bond acceptors (Lipinski definition) is 9. The molecule has 4 heterocycles. The number of carbonyl (C=O) groups excluding carboxylic acids is 1. The Kier molecular flexibility index (Phi) is 11.4. The number of rotatable bonds is 5. The van der Waals surface area contributed by atoms with Crippen LogP contribution in [0.4, 0.5) is 0 Å². The van der Waals surface area contributed by atoms with Crippen LogP contribution in [0.15, 0.2) is 12.2 Å². The first-order valence-corrected chi connectivity index (χ1v) is 14.1. The van der Waals surface area contributed by atoms with Crippen molar-refractivity contribution in [1.29, 1.82) is 0 Å². The summed E-state index contributed by atoms with van der Waals surface area (Å²) in [4.78, 5) is 13.5. The van der Waals surface area contributed by atoms with E-state index >= 15 is 0 Å². The molecule has 0 aromatic rings. The minimum Gasteiger partial charge on any atom is -0.388 e. The summed E-state index contributed by atoms with van der Waals surface area (Å²) >= 11 is 1.36. The highest BCUT2D eigenvalue weighted by Gasteiger charge is 2.49. The molecule has 4 aliphatic heterocycles. The van der Waals surface area contributed by atoms with Crippen LogP contribution in [-0.4, -0.2) is 94.2 Å². The molecule has 0 aromatic carbocycles. The number of thioether (sulfide) groups is 1. The van der Waals surface area contributed by atoms with E-state index in [0.717, 1.165) is 19.4 Å². The smallest absolute Gasteiger partial charge is 0.240 e. The molecule has 36 heavy (non-hydrogen) atoms. The average molecular weight is 550 g/mol. The molecule has 4 rings (SSSR count). The zero-order valence-electron chi connectivity index (χ0n) is 21.2. The van der Waals surface area contributed by atoms with Crippen LogP contribution in [0.2, 0.25) is 0 Å². The normalized spacial score (nSPS) is 44.1.